The van der Waals surface area contributed by atoms with Gasteiger partial charge in [-0.2, -0.15) is 10.2 Å². The Bertz CT molecular complexity index is 2780. The number of piperazine rings is 1. The zero-order valence-electron chi connectivity index (χ0n) is 34.8. The summed E-state index contributed by atoms with van der Waals surface area (Å²) in [6.45, 7) is 4.89. The van der Waals surface area contributed by atoms with Crippen molar-refractivity contribution in [1.82, 2.24) is 48.6 Å². The Morgan fingerprint density at radius 3 is 2.57 bits per heavy atom. The fourth-order valence-electron chi connectivity index (χ4n) is 11.1. The van der Waals surface area contributed by atoms with E-state index in [0.29, 0.717) is 47.8 Å². The van der Waals surface area contributed by atoms with E-state index in [0.717, 1.165) is 76.1 Å². The van der Waals surface area contributed by atoms with Crippen molar-refractivity contribution < 1.29 is 27.9 Å². The highest BCUT2D eigenvalue weighted by Gasteiger charge is 2.44. The molecule has 17 nitrogen and oxygen atoms in total. The third-order valence-corrected chi connectivity index (χ3v) is 14.3. The molecule has 9 heterocycles. The number of aryl methyl sites for hydroxylation is 1. The van der Waals surface area contributed by atoms with Crippen LogP contribution in [-0.2, 0) is 21.4 Å². The molecule has 0 radical (unpaired) electrons. The summed E-state index contributed by atoms with van der Waals surface area (Å²) in [5, 5.41) is 13.7. The van der Waals surface area contributed by atoms with Crippen molar-refractivity contribution in [3.8, 4) is 11.8 Å². The fraction of sp³-hybridized carbons (Fsp3) is 0.523. The molecule has 1 unspecified atom stereocenters. The third kappa shape index (κ3) is 7.08. The van der Waals surface area contributed by atoms with Gasteiger partial charge in [-0.1, -0.05) is 17.9 Å². The van der Waals surface area contributed by atoms with Crippen LogP contribution in [0.4, 0.5) is 20.3 Å². The lowest BCUT2D eigenvalue weighted by atomic mass is 9.85. The molecule has 2 N–H and O–H groups in total. The number of carbonyl (C=O) groups excluding carboxylic acids is 3. The molecule has 1 aliphatic carbocycles. The van der Waals surface area contributed by atoms with E-state index in [1.165, 1.54) is 19.8 Å². The van der Waals surface area contributed by atoms with Gasteiger partial charge in [-0.05, 0) is 69.1 Å². The number of ether oxygens (including phenoxy) is 1. The average Bonchev–Trinajstić information content (AvgIpc) is 4.16. The van der Waals surface area contributed by atoms with Crippen LogP contribution in [0, 0.1) is 17.8 Å². The van der Waals surface area contributed by atoms with Gasteiger partial charge in [0.1, 0.15) is 17.4 Å². The highest BCUT2D eigenvalue weighted by atomic mass is 19.3. The van der Waals surface area contributed by atoms with Crippen molar-refractivity contribution in [3.05, 3.63) is 70.2 Å². The Morgan fingerprint density at radius 2 is 1.83 bits per heavy atom. The van der Waals surface area contributed by atoms with Crippen LogP contribution in [0.5, 0.6) is 0 Å². The molecule has 6 fully saturated rings. The van der Waals surface area contributed by atoms with Gasteiger partial charge < -0.3 is 15.0 Å². The summed E-state index contributed by atoms with van der Waals surface area (Å²) >= 11 is 0. The van der Waals surface area contributed by atoms with Crippen LogP contribution in [0.2, 0.25) is 0 Å². The number of morpholine rings is 1. The Labute approximate surface area is 360 Å². The van der Waals surface area contributed by atoms with Gasteiger partial charge in [-0.15, -0.1) is 0 Å². The van der Waals surface area contributed by atoms with Gasteiger partial charge in [0.2, 0.25) is 11.8 Å². The van der Waals surface area contributed by atoms with Gasteiger partial charge in [-0.25, -0.2) is 23.1 Å². The van der Waals surface area contributed by atoms with Crippen LogP contribution in [0.15, 0.2) is 47.7 Å². The summed E-state index contributed by atoms with van der Waals surface area (Å²) in [6, 6.07) is 7.73. The molecule has 5 atom stereocenters. The van der Waals surface area contributed by atoms with E-state index in [9.17, 15) is 28.0 Å². The highest BCUT2D eigenvalue weighted by Crippen LogP contribution is 2.38. The second-order valence-electron chi connectivity index (χ2n) is 18.0. The molecule has 0 spiro atoms. The first-order chi connectivity index (χ1) is 30.6. The van der Waals surface area contributed by atoms with Gasteiger partial charge in [0.05, 0.1) is 59.8 Å². The monoisotopic (exact) mass is 862 g/mol. The quantitative estimate of drug-likeness (QED) is 0.165. The second kappa shape index (κ2) is 15.7. The number of nitrogens with zero attached hydrogens (tertiary/aromatic N) is 10. The van der Waals surface area contributed by atoms with Crippen molar-refractivity contribution in [2.24, 2.45) is 13.0 Å². The zero-order chi connectivity index (χ0) is 43.1. The largest absolute Gasteiger partial charge is 0.374 e. The summed E-state index contributed by atoms with van der Waals surface area (Å²) in [4.78, 5) is 63.3. The molecule has 19 heteroatoms. The number of hydrogen-bond acceptors (Lipinski definition) is 11. The Kier molecular flexibility index (Phi) is 9.92. The maximum atomic E-state index is 14.3. The van der Waals surface area contributed by atoms with E-state index in [-0.39, 0.29) is 53.9 Å². The lowest BCUT2D eigenvalue weighted by Crippen LogP contribution is -2.48. The number of alkyl halides is 2. The lowest BCUT2D eigenvalue weighted by Gasteiger charge is -2.37. The predicted molar refractivity (Wildman–Crippen MR) is 225 cm³/mol. The molecule has 11 rings (SSSR count). The van der Waals surface area contributed by atoms with E-state index in [1.54, 1.807) is 24.1 Å². The number of nitrogens with one attached hydrogen (secondary N) is 2. The molecule has 4 bridgehead atoms. The number of imide groups is 1. The molecule has 5 aromatic rings. The molecule has 5 saturated heterocycles. The molecule has 6 aliphatic rings. The number of imidazole rings is 1. The van der Waals surface area contributed by atoms with Crippen LogP contribution < -0.4 is 21.2 Å². The third-order valence-electron chi connectivity index (χ3n) is 14.3. The van der Waals surface area contributed by atoms with Gasteiger partial charge in [-0.3, -0.25) is 43.3 Å². The first-order valence-corrected chi connectivity index (χ1v) is 22.0. The van der Waals surface area contributed by atoms with E-state index in [1.807, 2.05) is 24.3 Å². The number of carbonyl (C=O) groups is 3. The Morgan fingerprint density at radius 1 is 1.00 bits per heavy atom. The van der Waals surface area contributed by atoms with Gasteiger partial charge in [0.15, 0.2) is 11.3 Å². The van der Waals surface area contributed by atoms with Crippen LogP contribution in [0.25, 0.3) is 16.7 Å². The number of piperidine rings is 1. The molecular formula is C44H48F2N12O5. The normalized spacial score (nSPS) is 27.2. The van der Waals surface area contributed by atoms with Crippen molar-refractivity contribution in [2.75, 3.05) is 49.5 Å². The number of para-hydroxylation sites is 1. The summed E-state index contributed by atoms with van der Waals surface area (Å²) in [5.74, 6) is 6.53. The van der Waals surface area contributed by atoms with E-state index >= 15 is 0 Å². The van der Waals surface area contributed by atoms with Crippen molar-refractivity contribution in [2.45, 2.75) is 94.1 Å². The number of fused-ring (bicyclic) bond motifs is 6. The number of benzene rings is 1. The molecule has 3 amide bonds. The number of anilines is 2. The highest BCUT2D eigenvalue weighted by molar-refractivity contribution is 6.08. The second-order valence-corrected chi connectivity index (χ2v) is 18.0. The number of halogens is 2. The van der Waals surface area contributed by atoms with Crippen LogP contribution in [-0.4, -0.2) is 125 Å². The minimum absolute atomic E-state index is 0.00416. The van der Waals surface area contributed by atoms with Crippen molar-refractivity contribution in [1.29, 1.82) is 0 Å². The SMILES string of the molecule is Cn1c(=O)n(C2CCC(=O)NC2=O)c2cccc(C#CCN3C[C@@H]4C[C@H]3CN4C[C@H]3CC[C@H](n4cc(NC(=O)c5cnn6ccc(N7C[C@H]8C[C@@H]7CO8)nc56)c(C(F)F)n4)CC3)c21. The van der Waals surface area contributed by atoms with E-state index < -0.39 is 30.0 Å². The topological polar surface area (TPSA) is 169 Å². The summed E-state index contributed by atoms with van der Waals surface area (Å²) in [5.41, 5.74) is 1.80. The van der Waals surface area contributed by atoms with Crippen molar-refractivity contribution >= 4 is 45.9 Å². The number of rotatable bonds is 9. The van der Waals surface area contributed by atoms with Crippen molar-refractivity contribution in [3.63, 3.8) is 0 Å². The number of aromatic nitrogens is 7. The lowest BCUT2D eigenvalue weighted by molar-refractivity contribution is -0.135. The standard InChI is InChI=1S/C44H48F2N12O5/c1-52-39-26(4-2-6-34(39)58(44(52)62)35-11-12-37(59)50-43(35)61)5-3-14-53-20-29-16-28(53)21-54(29)19-25-7-9-27(10-8-25)57-23-33(38(51-57)40(45)46)48-42(60)32-18-47-56-15-13-36(49-41(32)56)55-22-31-17-30(55)24-63-31/h2,4,6,13,15,18,23,25,27-31,35,40H,7-12,14,16-17,19-22,24H2,1H3,(H,48,60)(H,50,59,61)/t25-,27-,28-,29-,30+,31+,35?/m0/s1. The molecule has 1 aromatic carbocycles. The van der Waals surface area contributed by atoms with E-state index in [4.69, 9.17) is 9.72 Å². The smallest absolute Gasteiger partial charge is 0.329 e. The molecule has 63 heavy (non-hydrogen) atoms. The first-order valence-electron chi connectivity index (χ1n) is 22.0. The minimum Gasteiger partial charge on any atom is -0.374 e. The van der Waals surface area contributed by atoms with Crippen LogP contribution in [0.3, 0.4) is 0 Å². The van der Waals surface area contributed by atoms with Crippen LogP contribution >= 0.6 is 0 Å². The van der Waals surface area contributed by atoms with Crippen LogP contribution in [0.1, 0.15) is 91.5 Å². The molecule has 5 aliphatic heterocycles. The summed E-state index contributed by atoms with van der Waals surface area (Å²) in [7, 11) is 1.68. The fourth-order valence-corrected chi connectivity index (χ4v) is 11.1. The molecule has 328 valence electrons. The Balaban J connectivity index is 0.690. The maximum Gasteiger partial charge on any atom is 0.329 e. The van der Waals surface area contributed by atoms with Gasteiger partial charge in [0, 0.05) is 64.1 Å². The summed E-state index contributed by atoms with van der Waals surface area (Å²) < 4.78 is 40.5. The maximum absolute atomic E-state index is 14.3. The Hall–Kier alpha value is -5.97. The molecule has 1 saturated carbocycles. The summed E-state index contributed by atoms with van der Waals surface area (Å²) in [6.07, 6.45) is 8.07. The molecular weight excluding hydrogens is 815 g/mol. The first kappa shape index (κ1) is 39.8. The number of amides is 3. The molecule has 4 aromatic heterocycles. The average molecular weight is 863 g/mol. The van der Waals surface area contributed by atoms with Gasteiger partial charge in [0.25, 0.3) is 12.3 Å². The zero-order valence-corrected chi connectivity index (χ0v) is 34.8. The number of hydrogen-bond donors (Lipinski definition) is 2. The van der Waals surface area contributed by atoms with E-state index in [2.05, 4.69) is 47.4 Å². The van der Waals surface area contributed by atoms with Gasteiger partial charge >= 0.3 is 5.69 Å². The number of likely N-dealkylation sites (tertiary alicyclic amines) is 2. The predicted octanol–water partition coefficient (Wildman–Crippen LogP) is 3.27. The minimum atomic E-state index is -2.86.